The van der Waals surface area contributed by atoms with Crippen LogP contribution in [0.1, 0.15) is 44.9 Å². The maximum absolute atomic E-state index is 12.2. The van der Waals surface area contributed by atoms with Crippen LogP contribution in [-0.4, -0.2) is 30.6 Å². The normalized spacial score (nSPS) is 18.8. The van der Waals surface area contributed by atoms with Crippen LogP contribution in [0.2, 0.25) is 0 Å². The Kier molecular flexibility index (Phi) is 6.24. The van der Waals surface area contributed by atoms with Gasteiger partial charge >= 0.3 is 0 Å². The van der Waals surface area contributed by atoms with Crippen LogP contribution in [-0.2, 0) is 9.53 Å². The highest BCUT2D eigenvalue weighted by atomic mass is 16.5. The summed E-state index contributed by atoms with van der Waals surface area (Å²) in [7, 11) is 0. The number of nitrogens with one attached hydrogen (secondary N) is 2. The zero-order valence-electron chi connectivity index (χ0n) is 14.2. The number of amides is 1. The van der Waals surface area contributed by atoms with Crippen molar-refractivity contribution < 1.29 is 9.53 Å². The molecule has 1 aliphatic carbocycles. The molecule has 2 aliphatic rings. The van der Waals surface area contributed by atoms with Crippen LogP contribution in [0.4, 0.5) is 11.5 Å². The molecule has 130 valence electrons. The summed E-state index contributed by atoms with van der Waals surface area (Å²) in [6.07, 6.45) is 11.9. The van der Waals surface area contributed by atoms with Crippen molar-refractivity contribution in [3.8, 4) is 0 Å². The second kappa shape index (κ2) is 8.83. The molecule has 2 N–H and O–H groups in total. The van der Waals surface area contributed by atoms with Gasteiger partial charge in [0.2, 0.25) is 5.91 Å². The van der Waals surface area contributed by atoms with E-state index in [9.17, 15) is 4.79 Å². The standard InChI is InChI=1S/C19H27N3O2/c23-19(16-9-12-24-13-10-16)22-17-6-7-18(21-14-17)20-11-8-15-4-2-1-3-5-15/h4,6-7,14,16H,1-3,5,8-13H2,(H,20,21)(H,22,23). The molecule has 1 aromatic rings. The summed E-state index contributed by atoms with van der Waals surface area (Å²) in [6, 6.07) is 3.83. The lowest BCUT2D eigenvalue weighted by molar-refractivity contribution is -0.122. The van der Waals surface area contributed by atoms with E-state index in [1.54, 1.807) is 11.8 Å². The molecule has 0 bridgehead atoms. The van der Waals surface area contributed by atoms with Gasteiger partial charge in [0.25, 0.3) is 0 Å². The van der Waals surface area contributed by atoms with Crippen LogP contribution in [0.25, 0.3) is 0 Å². The number of ether oxygens (including phenoxy) is 1. The predicted molar refractivity (Wildman–Crippen MR) is 96.1 cm³/mol. The SMILES string of the molecule is O=C(Nc1ccc(NCCC2=CCCCC2)nc1)C1CCOCC1. The smallest absolute Gasteiger partial charge is 0.227 e. The van der Waals surface area contributed by atoms with Crippen LogP contribution in [0.3, 0.4) is 0 Å². The topological polar surface area (TPSA) is 63.2 Å². The zero-order valence-corrected chi connectivity index (χ0v) is 14.2. The summed E-state index contributed by atoms with van der Waals surface area (Å²) in [5.74, 6) is 0.987. The highest BCUT2D eigenvalue weighted by Crippen LogP contribution is 2.20. The minimum atomic E-state index is 0.0559. The molecule has 0 spiro atoms. The number of anilines is 2. The first-order chi connectivity index (χ1) is 11.8. The summed E-state index contributed by atoms with van der Waals surface area (Å²) in [5.41, 5.74) is 2.32. The molecule has 0 atom stereocenters. The maximum atomic E-state index is 12.2. The fourth-order valence-corrected chi connectivity index (χ4v) is 3.26. The molecular weight excluding hydrogens is 302 g/mol. The summed E-state index contributed by atoms with van der Waals surface area (Å²) in [6.45, 7) is 2.26. The number of carbonyl (C=O) groups is 1. The van der Waals surface area contributed by atoms with Gasteiger partial charge < -0.3 is 15.4 Å². The predicted octanol–water partition coefficient (Wildman–Crippen LogP) is 3.75. The Bertz CT molecular complexity index is 562. The van der Waals surface area contributed by atoms with E-state index in [1.807, 2.05) is 12.1 Å². The van der Waals surface area contributed by atoms with Crippen LogP contribution in [0.5, 0.6) is 0 Å². The molecule has 1 fully saturated rings. The largest absolute Gasteiger partial charge is 0.381 e. The number of hydrogen-bond acceptors (Lipinski definition) is 4. The Morgan fingerprint density at radius 2 is 2.12 bits per heavy atom. The van der Waals surface area contributed by atoms with Gasteiger partial charge in [-0.05, 0) is 57.1 Å². The lowest BCUT2D eigenvalue weighted by atomic mass is 9.97. The third-order valence-electron chi connectivity index (χ3n) is 4.76. The number of aromatic nitrogens is 1. The van der Waals surface area contributed by atoms with Crippen LogP contribution in [0.15, 0.2) is 30.0 Å². The molecule has 0 saturated carbocycles. The monoisotopic (exact) mass is 329 g/mol. The Morgan fingerprint density at radius 1 is 1.25 bits per heavy atom. The number of hydrogen-bond donors (Lipinski definition) is 2. The van der Waals surface area contributed by atoms with E-state index in [1.165, 1.54) is 25.7 Å². The second-order valence-electron chi connectivity index (χ2n) is 6.59. The Morgan fingerprint density at radius 3 is 2.83 bits per heavy atom. The first-order valence-corrected chi connectivity index (χ1v) is 9.08. The van der Waals surface area contributed by atoms with E-state index < -0.39 is 0 Å². The minimum Gasteiger partial charge on any atom is -0.381 e. The van der Waals surface area contributed by atoms with E-state index in [-0.39, 0.29) is 11.8 Å². The molecule has 0 unspecified atom stereocenters. The van der Waals surface area contributed by atoms with Gasteiger partial charge in [-0.15, -0.1) is 0 Å². The van der Waals surface area contributed by atoms with Crippen LogP contribution >= 0.6 is 0 Å². The minimum absolute atomic E-state index is 0.0559. The zero-order chi connectivity index (χ0) is 16.6. The highest BCUT2D eigenvalue weighted by Gasteiger charge is 2.21. The lowest BCUT2D eigenvalue weighted by Crippen LogP contribution is -2.28. The van der Waals surface area contributed by atoms with E-state index in [0.29, 0.717) is 13.2 Å². The van der Waals surface area contributed by atoms with Crippen molar-refractivity contribution in [2.45, 2.75) is 44.9 Å². The third-order valence-corrected chi connectivity index (χ3v) is 4.76. The van der Waals surface area contributed by atoms with Crippen molar-refractivity contribution in [3.63, 3.8) is 0 Å². The van der Waals surface area contributed by atoms with E-state index in [2.05, 4.69) is 21.7 Å². The molecule has 0 radical (unpaired) electrons. The molecule has 0 aromatic carbocycles. The first kappa shape index (κ1) is 17.0. The molecule has 24 heavy (non-hydrogen) atoms. The molecular formula is C19H27N3O2. The van der Waals surface area contributed by atoms with Gasteiger partial charge in [-0.25, -0.2) is 4.98 Å². The summed E-state index contributed by atoms with van der Waals surface area (Å²) in [5, 5.41) is 6.31. The quantitative estimate of drug-likeness (QED) is 0.780. The van der Waals surface area contributed by atoms with Gasteiger partial charge in [-0.3, -0.25) is 4.79 Å². The molecule has 1 aliphatic heterocycles. The molecule has 3 rings (SSSR count). The fraction of sp³-hybridized carbons (Fsp3) is 0.579. The van der Waals surface area contributed by atoms with Gasteiger partial charge in [-0.2, -0.15) is 0 Å². The number of allylic oxidation sites excluding steroid dienone is 1. The molecule has 1 amide bonds. The molecule has 5 nitrogen and oxygen atoms in total. The highest BCUT2D eigenvalue weighted by molar-refractivity contribution is 5.92. The Balaban J connectivity index is 1.42. The fourth-order valence-electron chi connectivity index (χ4n) is 3.26. The average molecular weight is 329 g/mol. The number of nitrogens with zero attached hydrogens (tertiary/aromatic N) is 1. The average Bonchev–Trinajstić information content (AvgIpc) is 2.65. The van der Waals surface area contributed by atoms with Crippen LogP contribution in [0, 0.1) is 5.92 Å². The van der Waals surface area contributed by atoms with Gasteiger partial charge in [0.15, 0.2) is 0 Å². The molecule has 1 saturated heterocycles. The van der Waals surface area contributed by atoms with Crippen molar-refractivity contribution in [2.24, 2.45) is 5.92 Å². The number of rotatable bonds is 6. The maximum Gasteiger partial charge on any atom is 0.227 e. The van der Waals surface area contributed by atoms with Crippen LogP contribution < -0.4 is 10.6 Å². The molecule has 1 aromatic heterocycles. The summed E-state index contributed by atoms with van der Waals surface area (Å²) in [4.78, 5) is 16.6. The van der Waals surface area contributed by atoms with Crippen molar-refractivity contribution in [2.75, 3.05) is 30.4 Å². The Labute approximate surface area is 143 Å². The van der Waals surface area contributed by atoms with Gasteiger partial charge in [0.1, 0.15) is 5.82 Å². The van der Waals surface area contributed by atoms with E-state index >= 15 is 0 Å². The van der Waals surface area contributed by atoms with Crippen molar-refractivity contribution in [1.82, 2.24) is 4.98 Å². The lowest BCUT2D eigenvalue weighted by Gasteiger charge is -2.21. The summed E-state index contributed by atoms with van der Waals surface area (Å²) >= 11 is 0. The van der Waals surface area contributed by atoms with Crippen molar-refractivity contribution in [3.05, 3.63) is 30.0 Å². The van der Waals surface area contributed by atoms with Crippen molar-refractivity contribution in [1.29, 1.82) is 0 Å². The molecule has 5 heteroatoms. The Hall–Kier alpha value is -1.88. The summed E-state index contributed by atoms with van der Waals surface area (Å²) < 4.78 is 5.29. The van der Waals surface area contributed by atoms with Gasteiger partial charge in [0.05, 0.1) is 11.9 Å². The first-order valence-electron chi connectivity index (χ1n) is 9.08. The second-order valence-corrected chi connectivity index (χ2v) is 6.59. The molecule has 2 heterocycles. The van der Waals surface area contributed by atoms with Crippen molar-refractivity contribution >= 4 is 17.4 Å². The van der Waals surface area contributed by atoms with E-state index in [4.69, 9.17) is 4.74 Å². The van der Waals surface area contributed by atoms with E-state index in [0.717, 1.165) is 37.3 Å². The number of carbonyl (C=O) groups excluding carboxylic acids is 1. The third kappa shape index (κ3) is 5.06. The van der Waals surface area contributed by atoms with Gasteiger partial charge in [0, 0.05) is 25.7 Å². The number of pyridine rings is 1. The van der Waals surface area contributed by atoms with Gasteiger partial charge in [-0.1, -0.05) is 11.6 Å².